The van der Waals surface area contributed by atoms with Gasteiger partial charge in [-0.05, 0) is 20.0 Å². The largest absolute Gasteiger partial charge is 0.546 e. The molecule has 0 aliphatic rings. The molecule has 0 fully saturated rings. The molecule has 0 amide bonds. The van der Waals surface area contributed by atoms with Crippen LogP contribution in [-0.4, -0.2) is 51.2 Å². The number of hydrogen-bond acceptors (Lipinski definition) is 5. The Morgan fingerprint density at radius 1 is 1.33 bits per heavy atom. The van der Waals surface area contributed by atoms with Gasteiger partial charge in [-0.1, -0.05) is 19.8 Å². The lowest BCUT2D eigenvalue weighted by Crippen LogP contribution is -2.49. The Balaban J connectivity index is 4.38. The second-order valence-electron chi connectivity index (χ2n) is 4.41. The van der Waals surface area contributed by atoms with Crippen molar-refractivity contribution in [3.05, 3.63) is 0 Å². The Bertz CT molecular complexity index is 317. The van der Waals surface area contributed by atoms with Crippen molar-refractivity contribution >= 4 is 13.6 Å². The zero-order valence-electron chi connectivity index (χ0n) is 10.7. The van der Waals surface area contributed by atoms with Gasteiger partial charge in [-0.2, -0.15) is 0 Å². The molecule has 1 atom stereocenters. The van der Waals surface area contributed by atoms with E-state index in [9.17, 15) is 19.6 Å². The summed E-state index contributed by atoms with van der Waals surface area (Å²) in [7, 11) is -3.47. The van der Waals surface area contributed by atoms with Crippen molar-refractivity contribution in [2.45, 2.75) is 37.9 Å². The summed E-state index contributed by atoms with van der Waals surface area (Å²) in [5.74, 6) is -2.14. The molecule has 0 aliphatic heterocycles. The summed E-state index contributed by atoms with van der Waals surface area (Å²) in [4.78, 5) is 30.1. The number of aliphatic carboxylic acids is 1. The maximum absolute atomic E-state index is 11.0. The maximum Gasteiger partial charge on any atom is 0.362 e. The highest BCUT2D eigenvalue weighted by Gasteiger charge is 2.46. The molecule has 0 aromatic rings. The van der Waals surface area contributed by atoms with E-state index < -0.39 is 25.3 Å². The highest BCUT2D eigenvalue weighted by atomic mass is 31.2. The normalized spacial score (nSPS) is 15.7. The Kier molecular flexibility index (Phi) is 7.02. The highest BCUT2D eigenvalue weighted by Crippen LogP contribution is 2.50. The summed E-state index contributed by atoms with van der Waals surface area (Å²) in [5.41, 5.74) is 0. The SMILES string of the molecule is CCCCCN(C)CCC(O)(C(=O)[O-])P(=O)(O)O. The van der Waals surface area contributed by atoms with Gasteiger partial charge in [-0.15, -0.1) is 0 Å². The van der Waals surface area contributed by atoms with E-state index in [0.29, 0.717) is 6.54 Å². The van der Waals surface area contributed by atoms with Gasteiger partial charge in [0.05, 0.1) is 5.97 Å². The second kappa shape index (κ2) is 7.21. The van der Waals surface area contributed by atoms with E-state index in [-0.39, 0.29) is 6.54 Å². The number of carbonyl (C=O) groups is 1. The Hall–Kier alpha value is -0.460. The van der Waals surface area contributed by atoms with Gasteiger partial charge in [0.25, 0.3) is 0 Å². The summed E-state index contributed by atoms with van der Waals surface area (Å²) in [6.07, 6.45) is 2.40. The zero-order chi connectivity index (χ0) is 14.4. The number of nitrogens with zero attached hydrogens (tertiary/aromatic N) is 1. The van der Waals surface area contributed by atoms with Crippen LogP contribution in [0.15, 0.2) is 0 Å². The number of aliphatic hydroxyl groups is 1. The molecule has 108 valence electrons. The zero-order valence-corrected chi connectivity index (χ0v) is 11.6. The quantitative estimate of drug-likeness (QED) is 0.370. The van der Waals surface area contributed by atoms with Gasteiger partial charge < -0.3 is 29.7 Å². The van der Waals surface area contributed by atoms with Crippen LogP contribution in [0.4, 0.5) is 0 Å². The monoisotopic (exact) mass is 282 g/mol. The van der Waals surface area contributed by atoms with Crippen molar-refractivity contribution in [3.8, 4) is 0 Å². The standard InChI is InChI=1S/C10H22NO6P/c1-3-4-5-7-11(2)8-6-10(14,9(12)13)18(15,16)17/h14H,3-8H2,1-2H3,(H,12,13)(H2,15,16,17)/p-1. The summed E-state index contributed by atoms with van der Waals surface area (Å²) in [6.45, 7) is 2.79. The van der Waals surface area contributed by atoms with Gasteiger partial charge in [-0.25, -0.2) is 0 Å². The van der Waals surface area contributed by atoms with Crippen LogP contribution in [-0.2, 0) is 9.36 Å². The van der Waals surface area contributed by atoms with Gasteiger partial charge in [-0.3, -0.25) is 4.57 Å². The fourth-order valence-electron chi connectivity index (χ4n) is 1.46. The summed E-state index contributed by atoms with van der Waals surface area (Å²) < 4.78 is 11.0. The summed E-state index contributed by atoms with van der Waals surface area (Å²) >= 11 is 0. The van der Waals surface area contributed by atoms with Crippen molar-refractivity contribution in [1.82, 2.24) is 4.90 Å². The van der Waals surface area contributed by atoms with Crippen LogP contribution in [0.1, 0.15) is 32.6 Å². The van der Waals surface area contributed by atoms with E-state index in [1.54, 1.807) is 11.9 Å². The van der Waals surface area contributed by atoms with Gasteiger partial charge in [0.15, 0.2) is 0 Å². The van der Waals surface area contributed by atoms with Crippen LogP contribution in [0, 0.1) is 0 Å². The Morgan fingerprint density at radius 2 is 1.89 bits per heavy atom. The van der Waals surface area contributed by atoms with E-state index in [4.69, 9.17) is 9.79 Å². The highest BCUT2D eigenvalue weighted by molar-refractivity contribution is 7.54. The molecule has 1 unspecified atom stereocenters. The molecule has 0 aromatic heterocycles. The van der Waals surface area contributed by atoms with Crippen molar-refractivity contribution in [1.29, 1.82) is 0 Å². The first-order valence-corrected chi connectivity index (χ1v) is 7.44. The van der Waals surface area contributed by atoms with Gasteiger partial charge in [0.1, 0.15) is 0 Å². The first-order valence-electron chi connectivity index (χ1n) is 5.83. The molecule has 0 heterocycles. The molecule has 0 bridgehead atoms. The van der Waals surface area contributed by atoms with E-state index >= 15 is 0 Å². The smallest absolute Gasteiger partial charge is 0.362 e. The molecule has 0 spiro atoms. The fourth-order valence-corrected chi connectivity index (χ4v) is 2.09. The molecule has 7 nitrogen and oxygen atoms in total. The number of unbranched alkanes of at least 4 members (excludes halogenated alkanes) is 2. The third-order valence-corrected chi connectivity index (χ3v) is 4.16. The average Bonchev–Trinajstić information content (AvgIpc) is 2.24. The van der Waals surface area contributed by atoms with E-state index in [2.05, 4.69) is 0 Å². The Labute approximate surface area is 107 Å². The number of hydrogen-bond donors (Lipinski definition) is 3. The lowest BCUT2D eigenvalue weighted by molar-refractivity contribution is -0.319. The van der Waals surface area contributed by atoms with Gasteiger partial charge in [0.2, 0.25) is 5.34 Å². The fraction of sp³-hybridized carbons (Fsp3) is 0.900. The first-order chi connectivity index (χ1) is 8.15. The van der Waals surface area contributed by atoms with Crippen molar-refractivity contribution < 1.29 is 29.4 Å². The van der Waals surface area contributed by atoms with E-state index in [0.717, 1.165) is 19.3 Å². The Morgan fingerprint density at radius 3 is 2.28 bits per heavy atom. The minimum Gasteiger partial charge on any atom is -0.546 e. The molecule has 0 aliphatic carbocycles. The van der Waals surface area contributed by atoms with Crippen molar-refractivity contribution in [3.63, 3.8) is 0 Å². The number of carboxylic acids is 1. The number of carbonyl (C=O) groups excluding carboxylic acids is 1. The number of rotatable bonds is 9. The minimum absolute atomic E-state index is 0.0688. The average molecular weight is 282 g/mol. The molecule has 0 aromatic carbocycles. The van der Waals surface area contributed by atoms with Gasteiger partial charge >= 0.3 is 7.60 Å². The van der Waals surface area contributed by atoms with Crippen molar-refractivity contribution in [2.24, 2.45) is 0 Å². The molecule has 3 N–H and O–H groups in total. The maximum atomic E-state index is 11.0. The minimum atomic E-state index is -5.16. The lowest BCUT2D eigenvalue weighted by Gasteiger charge is -2.31. The van der Waals surface area contributed by atoms with Crippen LogP contribution >= 0.6 is 7.60 Å². The molecule has 0 saturated carbocycles. The molecule has 18 heavy (non-hydrogen) atoms. The predicted molar refractivity (Wildman–Crippen MR) is 63.6 cm³/mol. The topological polar surface area (TPSA) is 121 Å². The molecular formula is C10H21NO6P-. The third kappa shape index (κ3) is 5.04. The lowest BCUT2D eigenvalue weighted by atomic mass is 10.2. The molecule has 0 rings (SSSR count). The van der Waals surface area contributed by atoms with Crippen LogP contribution in [0.25, 0.3) is 0 Å². The second-order valence-corrected chi connectivity index (χ2v) is 6.24. The van der Waals surface area contributed by atoms with E-state index in [1.807, 2.05) is 6.92 Å². The van der Waals surface area contributed by atoms with Crippen LogP contribution in [0.3, 0.4) is 0 Å². The third-order valence-electron chi connectivity index (χ3n) is 2.79. The summed E-state index contributed by atoms with van der Waals surface area (Å²) in [6, 6.07) is 0. The predicted octanol–water partition coefficient (Wildman–Crippen LogP) is -0.885. The molecule has 8 heteroatoms. The molecular weight excluding hydrogens is 261 g/mol. The van der Waals surface area contributed by atoms with Crippen LogP contribution in [0.5, 0.6) is 0 Å². The summed E-state index contributed by atoms with van der Waals surface area (Å²) in [5, 5.41) is 17.1. The molecule has 0 radical (unpaired) electrons. The van der Waals surface area contributed by atoms with Crippen LogP contribution in [0.2, 0.25) is 0 Å². The van der Waals surface area contributed by atoms with Crippen molar-refractivity contribution in [2.75, 3.05) is 20.1 Å². The van der Waals surface area contributed by atoms with E-state index in [1.165, 1.54) is 0 Å². The van der Waals surface area contributed by atoms with Gasteiger partial charge in [0, 0.05) is 13.0 Å². The molecule has 0 saturated heterocycles. The first kappa shape index (κ1) is 17.5. The van der Waals surface area contributed by atoms with Crippen LogP contribution < -0.4 is 5.11 Å². The number of carboxylic acid groups (broad SMARTS) is 1.